The Balaban J connectivity index is 1.41. The Morgan fingerprint density at radius 3 is 2.68 bits per heavy atom. The van der Waals surface area contributed by atoms with Gasteiger partial charge in [0.25, 0.3) is 5.91 Å². The molecule has 12 heteroatoms. The number of amides is 1. The van der Waals surface area contributed by atoms with Gasteiger partial charge >= 0.3 is 6.18 Å². The van der Waals surface area contributed by atoms with Crippen molar-refractivity contribution in [2.75, 3.05) is 17.2 Å². The molecule has 6 rings (SSSR count). The van der Waals surface area contributed by atoms with Gasteiger partial charge in [-0.25, -0.2) is 9.67 Å². The Kier molecular flexibility index (Phi) is 6.87. The number of carbonyl (C=O) groups is 1. The highest BCUT2D eigenvalue weighted by molar-refractivity contribution is 6.05. The molecule has 2 atom stereocenters. The van der Waals surface area contributed by atoms with Gasteiger partial charge in [0.2, 0.25) is 11.8 Å². The molecule has 2 bridgehead atoms. The molecule has 216 valence electrons. The second-order valence-corrected chi connectivity index (χ2v) is 11.1. The quantitative estimate of drug-likeness (QED) is 0.317. The third-order valence-electron chi connectivity index (χ3n) is 7.89. The van der Waals surface area contributed by atoms with Gasteiger partial charge in [0.1, 0.15) is 6.04 Å². The first-order chi connectivity index (χ1) is 19.6. The number of fused-ring (bicyclic) bond motifs is 7. The maximum absolute atomic E-state index is 13.6. The van der Waals surface area contributed by atoms with Gasteiger partial charge in [-0.2, -0.15) is 18.3 Å². The Bertz CT molecular complexity index is 1610. The van der Waals surface area contributed by atoms with Gasteiger partial charge in [0.05, 0.1) is 35.1 Å². The van der Waals surface area contributed by atoms with E-state index >= 15 is 0 Å². The van der Waals surface area contributed by atoms with Crippen molar-refractivity contribution in [3.63, 3.8) is 0 Å². The highest BCUT2D eigenvalue weighted by atomic mass is 19.4. The SMILES string of the molecule is Cc1cc2cc(n1)-c1cnn(C)c1OCCC[C@@H](C1CC1)Cn1c(nc3cc(N[C@H](C)C(F)(F)F)ccc31)NC2=O. The van der Waals surface area contributed by atoms with E-state index in [1.54, 1.807) is 41.2 Å². The van der Waals surface area contributed by atoms with Crippen LogP contribution in [0.5, 0.6) is 5.88 Å². The molecule has 1 aliphatic carbocycles. The van der Waals surface area contributed by atoms with Crippen molar-refractivity contribution in [3.8, 4) is 17.1 Å². The van der Waals surface area contributed by atoms with Crippen LogP contribution in [0.4, 0.5) is 24.8 Å². The lowest BCUT2D eigenvalue weighted by atomic mass is 9.97. The van der Waals surface area contributed by atoms with E-state index in [-0.39, 0.29) is 5.91 Å². The summed E-state index contributed by atoms with van der Waals surface area (Å²) in [6.07, 6.45) is 1.34. The molecule has 0 saturated heterocycles. The van der Waals surface area contributed by atoms with Crippen molar-refractivity contribution >= 4 is 28.6 Å². The van der Waals surface area contributed by atoms with Crippen LogP contribution < -0.4 is 15.4 Å². The van der Waals surface area contributed by atoms with E-state index in [4.69, 9.17) is 9.72 Å². The summed E-state index contributed by atoms with van der Waals surface area (Å²) in [6.45, 7) is 4.03. The average molecular weight is 568 g/mol. The van der Waals surface area contributed by atoms with Crippen LogP contribution in [-0.4, -0.2) is 49.0 Å². The van der Waals surface area contributed by atoms with Gasteiger partial charge in [-0.05, 0) is 81.7 Å². The number of nitrogens with zero attached hydrogens (tertiary/aromatic N) is 5. The zero-order valence-electron chi connectivity index (χ0n) is 23.1. The van der Waals surface area contributed by atoms with Crippen LogP contribution in [0, 0.1) is 18.8 Å². The molecule has 0 unspecified atom stereocenters. The predicted octanol–water partition coefficient (Wildman–Crippen LogP) is 5.95. The number of alkyl halides is 3. The fraction of sp³-hybridized carbons (Fsp3) is 0.448. The summed E-state index contributed by atoms with van der Waals surface area (Å²) < 4.78 is 49.4. The molecule has 9 nitrogen and oxygen atoms in total. The molecule has 2 N–H and O–H groups in total. The van der Waals surface area contributed by atoms with E-state index in [0.717, 1.165) is 38.1 Å². The summed E-state index contributed by atoms with van der Waals surface area (Å²) in [5, 5.41) is 9.85. The summed E-state index contributed by atoms with van der Waals surface area (Å²) in [7, 11) is 1.82. The Morgan fingerprint density at radius 2 is 1.93 bits per heavy atom. The van der Waals surface area contributed by atoms with Gasteiger partial charge in [-0.1, -0.05) is 0 Å². The van der Waals surface area contributed by atoms with E-state index in [1.807, 2.05) is 18.5 Å². The first-order valence-electron chi connectivity index (χ1n) is 13.9. The molecule has 4 aromatic rings. The number of halogens is 3. The highest BCUT2D eigenvalue weighted by Gasteiger charge is 2.36. The van der Waals surface area contributed by atoms with Crippen molar-refractivity contribution in [2.45, 2.75) is 58.3 Å². The number of ether oxygens (including phenoxy) is 1. The van der Waals surface area contributed by atoms with Crippen LogP contribution in [0.2, 0.25) is 0 Å². The second-order valence-electron chi connectivity index (χ2n) is 11.1. The van der Waals surface area contributed by atoms with E-state index in [1.165, 1.54) is 0 Å². The van der Waals surface area contributed by atoms with Crippen LogP contribution >= 0.6 is 0 Å². The van der Waals surface area contributed by atoms with Gasteiger partial charge in [-0.3, -0.25) is 15.1 Å². The molecule has 2 aliphatic rings. The van der Waals surface area contributed by atoms with Crippen molar-refractivity contribution in [2.24, 2.45) is 18.9 Å². The maximum Gasteiger partial charge on any atom is 0.408 e. The molecule has 1 aromatic carbocycles. The lowest BCUT2D eigenvalue weighted by Gasteiger charge is -2.20. The monoisotopic (exact) mass is 567 g/mol. The lowest BCUT2D eigenvalue weighted by Crippen LogP contribution is -2.33. The van der Waals surface area contributed by atoms with Gasteiger partial charge < -0.3 is 14.6 Å². The number of aryl methyl sites for hydroxylation is 2. The molecule has 41 heavy (non-hydrogen) atoms. The largest absolute Gasteiger partial charge is 0.477 e. The van der Waals surface area contributed by atoms with E-state index in [9.17, 15) is 18.0 Å². The second kappa shape index (κ2) is 10.4. The average Bonchev–Trinajstić information content (AvgIpc) is 3.62. The molecule has 1 fully saturated rings. The molecule has 1 amide bonds. The number of hydrogen-bond donors (Lipinski definition) is 2. The Hall–Kier alpha value is -4.09. The number of anilines is 2. The number of nitrogens with one attached hydrogen (secondary N) is 2. The van der Waals surface area contributed by atoms with E-state index < -0.39 is 12.2 Å². The zero-order valence-corrected chi connectivity index (χ0v) is 23.1. The maximum atomic E-state index is 13.6. The number of benzene rings is 1. The van der Waals surface area contributed by atoms with Crippen LogP contribution in [0.1, 0.15) is 48.7 Å². The van der Waals surface area contributed by atoms with Crippen LogP contribution in [0.25, 0.3) is 22.3 Å². The zero-order chi connectivity index (χ0) is 28.9. The fourth-order valence-electron chi connectivity index (χ4n) is 5.51. The summed E-state index contributed by atoms with van der Waals surface area (Å²) in [6, 6.07) is 6.68. The number of hydrogen-bond acceptors (Lipinski definition) is 6. The number of carbonyl (C=O) groups excluding carboxylic acids is 1. The van der Waals surface area contributed by atoms with Crippen molar-refractivity contribution in [3.05, 3.63) is 47.8 Å². The molecule has 0 spiro atoms. The molecular formula is C29H32F3N7O2. The van der Waals surface area contributed by atoms with Gasteiger partial charge in [-0.15, -0.1) is 0 Å². The minimum absolute atomic E-state index is 0.310. The Labute approximate surface area is 235 Å². The molecule has 1 aliphatic heterocycles. The minimum atomic E-state index is -4.38. The van der Waals surface area contributed by atoms with Crippen molar-refractivity contribution in [1.82, 2.24) is 24.3 Å². The third kappa shape index (κ3) is 5.59. The van der Waals surface area contributed by atoms with Gasteiger partial charge in [0, 0.05) is 30.5 Å². The number of aromatic nitrogens is 5. The predicted molar refractivity (Wildman–Crippen MR) is 149 cm³/mol. The lowest BCUT2D eigenvalue weighted by molar-refractivity contribution is -0.138. The summed E-state index contributed by atoms with van der Waals surface area (Å²) in [4.78, 5) is 22.9. The topological polar surface area (TPSA) is 98.9 Å². The van der Waals surface area contributed by atoms with Crippen molar-refractivity contribution < 1.29 is 22.7 Å². The first-order valence-corrected chi connectivity index (χ1v) is 13.9. The van der Waals surface area contributed by atoms with Crippen LogP contribution in [0.15, 0.2) is 36.5 Å². The molecule has 0 radical (unpaired) electrons. The number of rotatable bonds is 3. The summed E-state index contributed by atoms with van der Waals surface area (Å²) in [5.41, 5.74) is 3.90. The third-order valence-corrected chi connectivity index (χ3v) is 7.89. The number of pyridine rings is 1. The van der Waals surface area contributed by atoms with Crippen molar-refractivity contribution in [1.29, 1.82) is 0 Å². The smallest absolute Gasteiger partial charge is 0.408 e. The fourth-order valence-corrected chi connectivity index (χ4v) is 5.51. The molecule has 3 aromatic heterocycles. The van der Waals surface area contributed by atoms with Crippen LogP contribution in [0.3, 0.4) is 0 Å². The van der Waals surface area contributed by atoms with E-state index in [0.29, 0.717) is 70.5 Å². The standard InChI is InChI=1S/C29H32F3N7O2/c1-16-11-20-12-23(34-16)22-14-33-38(3)27(22)41-10-4-5-19(18-6-7-18)15-39-25-9-8-21(35-17(2)29(30,31)32)13-24(25)36-28(39)37-26(20)40/h8-9,11-14,17-19,35H,4-7,10,15H2,1-3H3,(H,36,37,40)/t17-,19-/m1/s1. The van der Waals surface area contributed by atoms with E-state index in [2.05, 4.69) is 20.7 Å². The minimum Gasteiger partial charge on any atom is -0.477 e. The number of imidazole rings is 1. The molecular weight excluding hydrogens is 535 g/mol. The first kappa shape index (κ1) is 27.1. The molecule has 1 saturated carbocycles. The highest BCUT2D eigenvalue weighted by Crippen LogP contribution is 2.41. The normalized spacial score (nSPS) is 18.9. The van der Waals surface area contributed by atoms with Gasteiger partial charge in [0.15, 0.2) is 0 Å². The summed E-state index contributed by atoms with van der Waals surface area (Å²) >= 11 is 0. The Morgan fingerprint density at radius 1 is 1.12 bits per heavy atom. The van der Waals surface area contributed by atoms with Crippen LogP contribution in [-0.2, 0) is 13.6 Å². The summed E-state index contributed by atoms with van der Waals surface area (Å²) in [5.74, 6) is 1.50. The molecule has 4 heterocycles.